The average Bonchev–Trinajstić information content (AvgIpc) is 3.43. The van der Waals surface area contributed by atoms with E-state index in [2.05, 4.69) is 10.2 Å². The minimum absolute atomic E-state index is 0.0955. The second-order valence-corrected chi connectivity index (χ2v) is 9.72. The molecule has 0 unspecified atom stereocenters. The van der Waals surface area contributed by atoms with Gasteiger partial charge in [-0.25, -0.2) is 4.39 Å². The van der Waals surface area contributed by atoms with Crippen molar-refractivity contribution < 1.29 is 18.4 Å². The van der Waals surface area contributed by atoms with Crippen molar-refractivity contribution in [1.82, 2.24) is 4.90 Å². The number of benzene rings is 3. The molecule has 0 atom stereocenters. The van der Waals surface area contributed by atoms with E-state index in [0.29, 0.717) is 59.0 Å². The van der Waals surface area contributed by atoms with Crippen molar-refractivity contribution in [1.29, 1.82) is 0 Å². The van der Waals surface area contributed by atoms with E-state index in [1.807, 2.05) is 30.3 Å². The van der Waals surface area contributed by atoms with Crippen LogP contribution < -0.4 is 10.2 Å². The lowest BCUT2D eigenvalue weighted by atomic mass is 10.1. The Kier molecular flexibility index (Phi) is 8.00. The molecule has 0 radical (unpaired) electrons. The number of piperazine rings is 1. The second-order valence-electron chi connectivity index (χ2n) is 8.93. The van der Waals surface area contributed by atoms with Crippen LogP contribution in [0.5, 0.6) is 0 Å². The first kappa shape index (κ1) is 26.5. The summed E-state index contributed by atoms with van der Waals surface area (Å²) in [6, 6.07) is 22.3. The Morgan fingerprint density at radius 2 is 1.62 bits per heavy atom. The molecule has 0 bridgehead atoms. The van der Waals surface area contributed by atoms with Crippen LogP contribution >= 0.6 is 23.2 Å². The molecule has 9 heteroatoms. The quantitative estimate of drug-likeness (QED) is 0.256. The topological polar surface area (TPSA) is 65.8 Å². The lowest BCUT2D eigenvalue weighted by Crippen LogP contribution is -2.49. The normalized spacial score (nSPS) is 13.6. The van der Waals surface area contributed by atoms with Gasteiger partial charge in [0.1, 0.15) is 17.3 Å². The molecule has 4 aromatic rings. The van der Waals surface area contributed by atoms with Crippen LogP contribution in [0.2, 0.25) is 10.0 Å². The smallest absolute Gasteiger partial charge is 0.256 e. The summed E-state index contributed by atoms with van der Waals surface area (Å²) in [7, 11) is 0. The maximum Gasteiger partial charge on any atom is 0.256 e. The molecule has 3 aromatic carbocycles. The van der Waals surface area contributed by atoms with Gasteiger partial charge in [-0.1, -0.05) is 41.4 Å². The van der Waals surface area contributed by atoms with Crippen LogP contribution in [-0.4, -0.2) is 42.9 Å². The van der Waals surface area contributed by atoms with Gasteiger partial charge in [0.2, 0.25) is 5.91 Å². The van der Waals surface area contributed by atoms with Crippen LogP contribution in [0.4, 0.5) is 15.8 Å². The fourth-order valence-electron chi connectivity index (χ4n) is 4.35. The van der Waals surface area contributed by atoms with Gasteiger partial charge in [-0.15, -0.1) is 0 Å². The zero-order chi connectivity index (χ0) is 27.4. The van der Waals surface area contributed by atoms with Crippen LogP contribution in [0, 0.1) is 5.82 Å². The van der Waals surface area contributed by atoms with Gasteiger partial charge in [-0.2, -0.15) is 0 Å². The monoisotopic (exact) mass is 563 g/mol. The summed E-state index contributed by atoms with van der Waals surface area (Å²) in [4.78, 5) is 28.9. The Hall–Kier alpha value is -4.07. The zero-order valence-electron chi connectivity index (χ0n) is 20.7. The van der Waals surface area contributed by atoms with E-state index in [9.17, 15) is 14.0 Å². The molecule has 1 aliphatic rings. The molecule has 1 saturated heterocycles. The van der Waals surface area contributed by atoms with Crippen molar-refractivity contribution in [3.8, 4) is 11.3 Å². The first-order chi connectivity index (χ1) is 18.9. The van der Waals surface area contributed by atoms with E-state index in [0.717, 1.165) is 5.69 Å². The minimum atomic E-state index is -0.506. The highest BCUT2D eigenvalue weighted by Crippen LogP contribution is 2.34. The number of carbonyl (C=O) groups excluding carboxylic acids is 2. The fraction of sp³-hybridized carbons (Fsp3) is 0.133. The van der Waals surface area contributed by atoms with Crippen molar-refractivity contribution in [2.45, 2.75) is 0 Å². The molecule has 2 amide bonds. The van der Waals surface area contributed by atoms with Crippen LogP contribution in [-0.2, 0) is 4.79 Å². The maximum atomic E-state index is 14.0. The predicted octanol–water partition coefficient (Wildman–Crippen LogP) is 7.01. The highest BCUT2D eigenvalue weighted by atomic mass is 35.5. The summed E-state index contributed by atoms with van der Waals surface area (Å²) in [5.41, 5.74) is 2.39. The van der Waals surface area contributed by atoms with Crippen LogP contribution in [0.15, 0.2) is 89.4 Å². The number of rotatable bonds is 6. The zero-order valence-corrected chi connectivity index (χ0v) is 22.3. The van der Waals surface area contributed by atoms with Gasteiger partial charge in [0.05, 0.1) is 15.6 Å². The maximum absolute atomic E-state index is 14.0. The number of hydrogen-bond donors (Lipinski definition) is 1. The molecule has 198 valence electrons. The summed E-state index contributed by atoms with van der Waals surface area (Å²) < 4.78 is 19.8. The minimum Gasteiger partial charge on any atom is -0.457 e. The molecule has 39 heavy (non-hydrogen) atoms. The Bertz CT molecular complexity index is 1530. The van der Waals surface area contributed by atoms with Crippen molar-refractivity contribution in [3.05, 3.63) is 112 Å². The molecule has 5 rings (SSSR count). The molecule has 2 heterocycles. The Labute approximate surface area is 235 Å². The van der Waals surface area contributed by atoms with Crippen molar-refractivity contribution in [2.24, 2.45) is 0 Å². The van der Waals surface area contributed by atoms with Gasteiger partial charge < -0.3 is 19.5 Å². The van der Waals surface area contributed by atoms with Crippen molar-refractivity contribution >= 4 is 52.5 Å². The summed E-state index contributed by atoms with van der Waals surface area (Å²) in [5, 5.41) is 3.67. The molecular formula is C30H24Cl2FN3O3. The lowest BCUT2D eigenvalue weighted by molar-refractivity contribution is -0.111. The molecule has 0 spiro atoms. The number of anilines is 2. The van der Waals surface area contributed by atoms with E-state index >= 15 is 0 Å². The standard InChI is InChI=1S/C30H24Cl2FN3O3/c31-25-6-3-5-24(29(25)32)27-14-12-22(39-27)13-15-28(37)34-20-8-10-21(11-9-20)35-16-18-36(19-17-35)30(38)23-4-1-2-7-26(23)33/h1-15H,16-19H2,(H,34,37)/b15-13+. The van der Waals surface area contributed by atoms with Gasteiger partial charge >= 0.3 is 0 Å². The first-order valence-electron chi connectivity index (χ1n) is 12.3. The molecule has 1 aromatic heterocycles. The number of nitrogens with one attached hydrogen (secondary N) is 1. The van der Waals surface area contributed by atoms with Gasteiger partial charge in [0.25, 0.3) is 5.91 Å². The summed E-state index contributed by atoms with van der Waals surface area (Å²) in [5.74, 6) is -0.0526. The summed E-state index contributed by atoms with van der Waals surface area (Å²) in [6.45, 7) is 2.24. The van der Waals surface area contributed by atoms with Gasteiger partial charge in [0.15, 0.2) is 0 Å². The average molecular weight is 564 g/mol. The highest BCUT2D eigenvalue weighted by molar-refractivity contribution is 6.43. The Balaban J connectivity index is 1.14. The third-order valence-electron chi connectivity index (χ3n) is 6.41. The third-order valence-corrected chi connectivity index (χ3v) is 7.23. The molecule has 1 aliphatic heterocycles. The largest absolute Gasteiger partial charge is 0.457 e. The van der Waals surface area contributed by atoms with E-state index in [1.165, 1.54) is 18.2 Å². The summed E-state index contributed by atoms with van der Waals surface area (Å²) >= 11 is 12.3. The fourth-order valence-corrected chi connectivity index (χ4v) is 4.74. The van der Waals surface area contributed by atoms with Crippen LogP contribution in [0.3, 0.4) is 0 Å². The van der Waals surface area contributed by atoms with Gasteiger partial charge in [-0.3, -0.25) is 9.59 Å². The lowest BCUT2D eigenvalue weighted by Gasteiger charge is -2.36. The predicted molar refractivity (Wildman–Crippen MR) is 153 cm³/mol. The number of hydrogen-bond acceptors (Lipinski definition) is 4. The SMILES string of the molecule is O=C(/C=C/c1ccc(-c2cccc(Cl)c2Cl)o1)Nc1ccc(N2CCN(C(=O)c3ccccc3F)CC2)cc1. The Morgan fingerprint density at radius 3 is 2.36 bits per heavy atom. The van der Waals surface area contributed by atoms with Crippen LogP contribution in [0.25, 0.3) is 17.4 Å². The second kappa shape index (κ2) is 11.8. The highest BCUT2D eigenvalue weighted by Gasteiger charge is 2.24. The number of halogens is 3. The molecule has 0 saturated carbocycles. The first-order valence-corrected chi connectivity index (χ1v) is 13.1. The van der Waals surface area contributed by atoms with Crippen LogP contribution in [0.1, 0.15) is 16.1 Å². The molecule has 1 fully saturated rings. The molecule has 0 aliphatic carbocycles. The number of nitrogens with zero attached hydrogens (tertiary/aromatic N) is 2. The molecule has 6 nitrogen and oxygen atoms in total. The third kappa shape index (κ3) is 6.16. The van der Waals surface area contributed by atoms with E-state index in [1.54, 1.807) is 47.4 Å². The van der Waals surface area contributed by atoms with Crippen molar-refractivity contribution in [2.75, 3.05) is 36.4 Å². The number of carbonyl (C=O) groups is 2. The van der Waals surface area contributed by atoms with Gasteiger partial charge in [-0.05, 0) is 66.7 Å². The summed E-state index contributed by atoms with van der Waals surface area (Å²) in [6.07, 6.45) is 2.97. The number of furan rings is 1. The Morgan fingerprint density at radius 1 is 0.872 bits per heavy atom. The number of amides is 2. The van der Waals surface area contributed by atoms with E-state index in [-0.39, 0.29) is 17.4 Å². The van der Waals surface area contributed by atoms with Gasteiger partial charge in [0, 0.05) is 49.2 Å². The van der Waals surface area contributed by atoms with E-state index < -0.39 is 5.82 Å². The molecule has 1 N–H and O–H groups in total. The van der Waals surface area contributed by atoms with Crippen molar-refractivity contribution in [3.63, 3.8) is 0 Å². The van der Waals surface area contributed by atoms with E-state index in [4.69, 9.17) is 27.6 Å². The molecular weight excluding hydrogens is 540 g/mol.